The standard InChI is InChI=1S/C16H15NO2S/c1-18-14-6-8-16(9-7-14)20-11-10-19-15-4-2-13(12-17)3-5-15/h2-9H,10-11H2,1H3. The van der Waals surface area contributed by atoms with E-state index in [9.17, 15) is 0 Å². The number of hydrogen-bond acceptors (Lipinski definition) is 4. The second-order valence-electron chi connectivity index (χ2n) is 4.01. The van der Waals surface area contributed by atoms with Gasteiger partial charge in [0.25, 0.3) is 0 Å². The predicted octanol–water partition coefficient (Wildman–Crippen LogP) is 3.74. The first-order chi connectivity index (χ1) is 9.81. The van der Waals surface area contributed by atoms with E-state index in [-0.39, 0.29) is 0 Å². The van der Waals surface area contributed by atoms with Gasteiger partial charge in [-0.05, 0) is 48.5 Å². The minimum atomic E-state index is 0.628. The van der Waals surface area contributed by atoms with E-state index in [1.807, 2.05) is 36.4 Å². The molecule has 0 aliphatic heterocycles. The van der Waals surface area contributed by atoms with Crippen molar-refractivity contribution in [2.45, 2.75) is 4.90 Å². The van der Waals surface area contributed by atoms with Crippen LogP contribution < -0.4 is 9.47 Å². The molecule has 0 spiro atoms. The number of rotatable bonds is 6. The van der Waals surface area contributed by atoms with Gasteiger partial charge < -0.3 is 9.47 Å². The molecule has 0 aromatic heterocycles. The van der Waals surface area contributed by atoms with E-state index in [4.69, 9.17) is 14.7 Å². The molecule has 0 saturated carbocycles. The third-order valence-electron chi connectivity index (χ3n) is 2.66. The van der Waals surface area contributed by atoms with E-state index < -0.39 is 0 Å². The van der Waals surface area contributed by atoms with Gasteiger partial charge in [0.05, 0.1) is 25.3 Å². The molecule has 0 aliphatic rings. The topological polar surface area (TPSA) is 42.2 Å². The summed E-state index contributed by atoms with van der Waals surface area (Å²) in [6.45, 7) is 0.628. The van der Waals surface area contributed by atoms with E-state index in [0.29, 0.717) is 12.2 Å². The molecule has 2 rings (SSSR count). The van der Waals surface area contributed by atoms with Gasteiger partial charge in [-0.15, -0.1) is 11.8 Å². The minimum absolute atomic E-state index is 0.628. The van der Waals surface area contributed by atoms with Crippen LogP contribution in [0.2, 0.25) is 0 Å². The van der Waals surface area contributed by atoms with Gasteiger partial charge in [-0.3, -0.25) is 0 Å². The summed E-state index contributed by atoms with van der Waals surface area (Å²) in [6, 6.07) is 17.2. The Morgan fingerprint density at radius 3 is 2.25 bits per heavy atom. The van der Waals surface area contributed by atoms with E-state index in [1.54, 1.807) is 31.0 Å². The number of nitrogens with zero attached hydrogens (tertiary/aromatic N) is 1. The highest BCUT2D eigenvalue weighted by Crippen LogP contribution is 2.21. The lowest BCUT2D eigenvalue weighted by Gasteiger charge is -2.06. The molecule has 3 nitrogen and oxygen atoms in total. The predicted molar refractivity (Wildman–Crippen MR) is 80.4 cm³/mol. The van der Waals surface area contributed by atoms with Crippen LogP contribution in [0.3, 0.4) is 0 Å². The Kier molecular flexibility index (Phi) is 5.33. The second kappa shape index (κ2) is 7.46. The number of ether oxygens (including phenoxy) is 2. The summed E-state index contributed by atoms with van der Waals surface area (Å²) in [7, 11) is 1.66. The third-order valence-corrected chi connectivity index (χ3v) is 3.64. The number of benzene rings is 2. The zero-order chi connectivity index (χ0) is 14.2. The van der Waals surface area contributed by atoms with Crippen molar-refractivity contribution in [2.24, 2.45) is 0 Å². The molecule has 0 bridgehead atoms. The first-order valence-electron chi connectivity index (χ1n) is 6.21. The van der Waals surface area contributed by atoms with Gasteiger partial charge in [0, 0.05) is 10.6 Å². The largest absolute Gasteiger partial charge is 0.497 e. The fourth-order valence-electron chi connectivity index (χ4n) is 1.62. The lowest BCUT2D eigenvalue weighted by atomic mass is 10.2. The summed E-state index contributed by atoms with van der Waals surface area (Å²) in [4.78, 5) is 1.19. The maximum absolute atomic E-state index is 8.70. The number of nitriles is 1. The van der Waals surface area contributed by atoms with Gasteiger partial charge in [0.2, 0.25) is 0 Å². The molecule has 0 heterocycles. The molecule has 0 fully saturated rings. The fourth-order valence-corrected chi connectivity index (χ4v) is 2.35. The highest BCUT2D eigenvalue weighted by molar-refractivity contribution is 7.99. The van der Waals surface area contributed by atoms with Crippen molar-refractivity contribution < 1.29 is 9.47 Å². The van der Waals surface area contributed by atoms with Crippen molar-refractivity contribution in [3.63, 3.8) is 0 Å². The molecule has 0 unspecified atom stereocenters. The molecule has 0 N–H and O–H groups in total. The van der Waals surface area contributed by atoms with E-state index in [1.165, 1.54) is 4.90 Å². The van der Waals surface area contributed by atoms with Crippen molar-refractivity contribution in [3.8, 4) is 17.6 Å². The van der Waals surface area contributed by atoms with Gasteiger partial charge in [0.15, 0.2) is 0 Å². The average Bonchev–Trinajstić information content (AvgIpc) is 2.53. The highest BCUT2D eigenvalue weighted by Gasteiger charge is 1.97. The fraction of sp³-hybridized carbons (Fsp3) is 0.188. The van der Waals surface area contributed by atoms with Gasteiger partial charge in [0.1, 0.15) is 11.5 Å². The smallest absolute Gasteiger partial charge is 0.119 e. The Bertz CT molecular complexity index is 573. The van der Waals surface area contributed by atoms with Crippen LogP contribution in [0, 0.1) is 11.3 Å². The molecule has 0 aliphatic carbocycles. The van der Waals surface area contributed by atoms with Crippen molar-refractivity contribution in [2.75, 3.05) is 19.5 Å². The van der Waals surface area contributed by atoms with Crippen molar-refractivity contribution in [3.05, 3.63) is 54.1 Å². The Balaban J connectivity index is 1.74. The summed E-state index contributed by atoms with van der Waals surface area (Å²) in [6.07, 6.45) is 0. The molecule has 0 saturated heterocycles. The minimum Gasteiger partial charge on any atom is -0.497 e. The third kappa shape index (κ3) is 4.22. The maximum atomic E-state index is 8.70. The quantitative estimate of drug-likeness (QED) is 0.599. The van der Waals surface area contributed by atoms with Crippen molar-refractivity contribution in [1.29, 1.82) is 5.26 Å². The van der Waals surface area contributed by atoms with E-state index >= 15 is 0 Å². The van der Waals surface area contributed by atoms with Crippen LogP contribution >= 0.6 is 11.8 Å². The summed E-state index contributed by atoms with van der Waals surface area (Å²) in [5, 5.41) is 8.70. The van der Waals surface area contributed by atoms with Crippen LogP contribution in [0.4, 0.5) is 0 Å². The molecule has 4 heteroatoms. The molecule has 102 valence electrons. The molecule has 2 aromatic rings. The zero-order valence-corrected chi connectivity index (χ0v) is 12.0. The monoisotopic (exact) mass is 285 g/mol. The van der Waals surface area contributed by atoms with Crippen LogP contribution in [-0.4, -0.2) is 19.5 Å². The number of methoxy groups -OCH3 is 1. The van der Waals surface area contributed by atoms with Crippen molar-refractivity contribution in [1.82, 2.24) is 0 Å². The summed E-state index contributed by atoms with van der Waals surface area (Å²) in [5.41, 5.74) is 0.643. The van der Waals surface area contributed by atoms with Crippen molar-refractivity contribution >= 4 is 11.8 Å². The zero-order valence-electron chi connectivity index (χ0n) is 11.2. The van der Waals surface area contributed by atoms with Gasteiger partial charge in [-0.1, -0.05) is 0 Å². The first-order valence-corrected chi connectivity index (χ1v) is 7.20. The molecule has 0 atom stereocenters. The summed E-state index contributed by atoms with van der Waals surface area (Å²) >= 11 is 1.73. The first kappa shape index (κ1) is 14.3. The van der Waals surface area contributed by atoms with E-state index in [2.05, 4.69) is 6.07 Å². The second-order valence-corrected chi connectivity index (χ2v) is 5.18. The molecule has 0 radical (unpaired) electrons. The van der Waals surface area contributed by atoms with E-state index in [0.717, 1.165) is 17.3 Å². The summed E-state index contributed by atoms with van der Waals surface area (Å²) < 4.78 is 10.7. The SMILES string of the molecule is COc1ccc(SCCOc2ccc(C#N)cc2)cc1. The highest BCUT2D eigenvalue weighted by atomic mass is 32.2. The van der Waals surface area contributed by atoms with Crippen LogP contribution in [0.15, 0.2) is 53.4 Å². The van der Waals surface area contributed by atoms with Crippen LogP contribution in [0.25, 0.3) is 0 Å². The molecular formula is C16H15NO2S. The molecular weight excluding hydrogens is 270 g/mol. The lowest BCUT2D eigenvalue weighted by Crippen LogP contribution is -1.99. The van der Waals surface area contributed by atoms with Gasteiger partial charge >= 0.3 is 0 Å². The Morgan fingerprint density at radius 2 is 1.65 bits per heavy atom. The Morgan fingerprint density at radius 1 is 1.00 bits per heavy atom. The van der Waals surface area contributed by atoms with Gasteiger partial charge in [-0.25, -0.2) is 0 Å². The summed E-state index contributed by atoms with van der Waals surface area (Å²) in [5.74, 6) is 2.52. The normalized spacial score (nSPS) is 9.80. The molecule has 20 heavy (non-hydrogen) atoms. The Labute approximate surface area is 123 Å². The number of thioether (sulfide) groups is 1. The number of hydrogen-bond donors (Lipinski definition) is 0. The van der Waals surface area contributed by atoms with Crippen LogP contribution in [0.1, 0.15) is 5.56 Å². The van der Waals surface area contributed by atoms with Crippen LogP contribution in [-0.2, 0) is 0 Å². The van der Waals surface area contributed by atoms with Crippen LogP contribution in [0.5, 0.6) is 11.5 Å². The van der Waals surface area contributed by atoms with Gasteiger partial charge in [-0.2, -0.15) is 5.26 Å². The Hall–Kier alpha value is -2.12. The lowest BCUT2D eigenvalue weighted by molar-refractivity contribution is 0.344. The average molecular weight is 285 g/mol. The maximum Gasteiger partial charge on any atom is 0.119 e. The molecule has 2 aromatic carbocycles. The molecule has 0 amide bonds.